The number of benzene rings is 3. The zero-order valence-corrected chi connectivity index (χ0v) is 19.4. The number of hydrogen-bond acceptors (Lipinski definition) is 5. The van der Waals surface area contributed by atoms with Crippen molar-refractivity contribution < 1.29 is 24.2 Å². The molecule has 7 heteroatoms. The summed E-state index contributed by atoms with van der Waals surface area (Å²) in [6.07, 6.45) is 0. The first kappa shape index (κ1) is 23.3. The summed E-state index contributed by atoms with van der Waals surface area (Å²) in [5, 5.41) is 11.6. The fourth-order valence-corrected chi connectivity index (χ4v) is 4.02. The Balaban J connectivity index is 1.85. The minimum absolute atomic E-state index is 0.0226. The van der Waals surface area contributed by atoms with Gasteiger partial charge in [-0.3, -0.25) is 14.5 Å². The highest BCUT2D eigenvalue weighted by Gasteiger charge is 2.46. The van der Waals surface area contributed by atoms with E-state index in [1.54, 1.807) is 43.3 Å². The summed E-state index contributed by atoms with van der Waals surface area (Å²) in [4.78, 5) is 39.7. The predicted octanol–water partition coefficient (Wildman–Crippen LogP) is 5.45. The molecule has 3 aromatic carbocycles. The number of halogens is 1. The molecular weight excluding hydrogens is 454 g/mol. The lowest BCUT2D eigenvalue weighted by atomic mass is 9.94. The summed E-state index contributed by atoms with van der Waals surface area (Å²) >= 11 is 5.97. The Morgan fingerprint density at radius 1 is 0.941 bits per heavy atom. The van der Waals surface area contributed by atoms with E-state index in [2.05, 4.69) is 0 Å². The fourth-order valence-electron chi connectivity index (χ4n) is 3.90. The minimum Gasteiger partial charge on any atom is -0.507 e. The van der Waals surface area contributed by atoms with Gasteiger partial charge in [-0.05, 0) is 67.9 Å². The number of aliphatic hydroxyl groups excluding tert-OH is 1. The van der Waals surface area contributed by atoms with Crippen molar-refractivity contribution >= 4 is 40.7 Å². The molecule has 0 bridgehead atoms. The standard InChI is InChI=1S/C27H22ClNO5/c1-3-34-27(33)19-10-14-21(15-11-19)29-23(17-6-4-16(2)5-7-17)22(25(31)26(29)32)24(30)18-8-12-20(28)13-9-18/h4-15,23,30H,3H2,1-2H3/b24-22+. The summed E-state index contributed by atoms with van der Waals surface area (Å²) in [7, 11) is 0. The number of Topliss-reactive ketones (excluding diaryl/α,β-unsaturated/α-hetero) is 1. The van der Waals surface area contributed by atoms with Gasteiger partial charge in [-0.25, -0.2) is 4.79 Å². The molecule has 1 unspecified atom stereocenters. The van der Waals surface area contributed by atoms with Gasteiger partial charge >= 0.3 is 5.97 Å². The molecule has 172 valence electrons. The van der Waals surface area contributed by atoms with Crippen molar-refractivity contribution in [2.75, 3.05) is 11.5 Å². The third-order valence-corrected chi connectivity index (χ3v) is 5.86. The van der Waals surface area contributed by atoms with Crippen LogP contribution >= 0.6 is 11.6 Å². The molecular formula is C27H22ClNO5. The number of ketones is 1. The Morgan fingerprint density at radius 2 is 1.53 bits per heavy atom. The number of aliphatic hydroxyl groups is 1. The number of nitrogens with zero attached hydrogens (tertiary/aromatic N) is 1. The van der Waals surface area contributed by atoms with E-state index in [-0.39, 0.29) is 17.9 Å². The van der Waals surface area contributed by atoms with E-state index in [0.717, 1.165) is 5.56 Å². The lowest BCUT2D eigenvalue weighted by molar-refractivity contribution is -0.132. The van der Waals surface area contributed by atoms with Crippen LogP contribution in [-0.4, -0.2) is 29.4 Å². The molecule has 1 atom stereocenters. The van der Waals surface area contributed by atoms with Crippen molar-refractivity contribution in [3.8, 4) is 0 Å². The lowest BCUT2D eigenvalue weighted by Crippen LogP contribution is -2.29. The van der Waals surface area contributed by atoms with Crippen LogP contribution in [0.3, 0.4) is 0 Å². The van der Waals surface area contributed by atoms with Crippen molar-refractivity contribution in [1.82, 2.24) is 0 Å². The number of carbonyl (C=O) groups is 3. The first-order valence-electron chi connectivity index (χ1n) is 10.7. The van der Waals surface area contributed by atoms with Gasteiger partial charge in [-0.15, -0.1) is 0 Å². The number of carbonyl (C=O) groups excluding carboxylic acids is 3. The molecule has 1 fully saturated rings. The van der Waals surface area contributed by atoms with Crippen LogP contribution in [0, 0.1) is 6.92 Å². The summed E-state index contributed by atoms with van der Waals surface area (Å²) in [5.41, 5.74) is 2.76. The second kappa shape index (κ2) is 9.53. The van der Waals surface area contributed by atoms with Gasteiger partial charge in [0.15, 0.2) is 0 Å². The lowest BCUT2D eigenvalue weighted by Gasteiger charge is -2.25. The summed E-state index contributed by atoms with van der Waals surface area (Å²) in [6.45, 7) is 3.89. The molecule has 0 spiro atoms. The van der Waals surface area contributed by atoms with Gasteiger partial charge in [0.25, 0.3) is 11.7 Å². The van der Waals surface area contributed by atoms with E-state index >= 15 is 0 Å². The van der Waals surface area contributed by atoms with Crippen LogP contribution in [0.1, 0.15) is 40.0 Å². The van der Waals surface area contributed by atoms with Crippen LogP contribution < -0.4 is 4.90 Å². The molecule has 1 aliphatic heterocycles. The van der Waals surface area contributed by atoms with Gasteiger partial charge < -0.3 is 9.84 Å². The molecule has 1 saturated heterocycles. The molecule has 6 nitrogen and oxygen atoms in total. The van der Waals surface area contributed by atoms with Crippen molar-refractivity contribution in [2.24, 2.45) is 0 Å². The summed E-state index contributed by atoms with van der Waals surface area (Å²) in [6, 6.07) is 19.2. The number of ether oxygens (including phenoxy) is 1. The van der Waals surface area contributed by atoms with Gasteiger partial charge in [0.2, 0.25) is 0 Å². The largest absolute Gasteiger partial charge is 0.507 e. The molecule has 0 radical (unpaired) electrons. The Labute approximate surface area is 202 Å². The maximum atomic E-state index is 13.2. The molecule has 1 amide bonds. The van der Waals surface area contributed by atoms with Crippen LogP contribution in [0.25, 0.3) is 5.76 Å². The highest BCUT2D eigenvalue weighted by molar-refractivity contribution is 6.51. The first-order chi connectivity index (χ1) is 16.3. The average molecular weight is 476 g/mol. The van der Waals surface area contributed by atoms with E-state index in [1.807, 2.05) is 31.2 Å². The van der Waals surface area contributed by atoms with E-state index in [1.165, 1.54) is 17.0 Å². The topological polar surface area (TPSA) is 83.9 Å². The monoisotopic (exact) mass is 475 g/mol. The van der Waals surface area contributed by atoms with Crippen molar-refractivity contribution in [2.45, 2.75) is 19.9 Å². The van der Waals surface area contributed by atoms with Crippen molar-refractivity contribution in [3.63, 3.8) is 0 Å². The zero-order chi connectivity index (χ0) is 24.4. The summed E-state index contributed by atoms with van der Waals surface area (Å²) in [5.74, 6) is -2.34. The maximum Gasteiger partial charge on any atom is 0.338 e. The molecule has 1 N–H and O–H groups in total. The van der Waals surface area contributed by atoms with Crippen LogP contribution in [-0.2, 0) is 14.3 Å². The minimum atomic E-state index is -0.857. The van der Waals surface area contributed by atoms with Crippen LogP contribution in [0.5, 0.6) is 0 Å². The molecule has 0 saturated carbocycles. The van der Waals surface area contributed by atoms with E-state index < -0.39 is 23.7 Å². The number of amides is 1. The Hall–Kier alpha value is -3.90. The second-order valence-corrected chi connectivity index (χ2v) is 8.29. The third-order valence-electron chi connectivity index (χ3n) is 5.61. The van der Waals surface area contributed by atoms with Crippen LogP contribution in [0.15, 0.2) is 78.4 Å². The van der Waals surface area contributed by atoms with Gasteiger partial charge in [-0.1, -0.05) is 41.4 Å². The average Bonchev–Trinajstić information content (AvgIpc) is 3.10. The van der Waals surface area contributed by atoms with Crippen LogP contribution in [0.2, 0.25) is 5.02 Å². The Bertz CT molecular complexity index is 1280. The predicted molar refractivity (Wildman–Crippen MR) is 130 cm³/mol. The number of esters is 1. The highest BCUT2D eigenvalue weighted by atomic mass is 35.5. The second-order valence-electron chi connectivity index (χ2n) is 7.85. The molecule has 4 rings (SSSR count). The number of hydrogen-bond donors (Lipinski definition) is 1. The number of aryl methyl sites for hydroxylation is 1. The van der Waals surface area contributed by atoms with E-state index in [4.69, 9.17) is 16.3 Å². The number of anilines is 1. The van der Waals surface area contributed by atoms with E-state index in [0.29, 0.717) is 27.4 Å². The Kier molecular flexibility index (Phi) is 6.52. The number of rotatable bonds is 5. The SMILES string of the molecule is CCOC(=O)c1ccc(N2C(=O)C(=O)/C(=C(/O)c3ccc(Cl)cc3)C2c2ccc(C)cc2)cc1. The molecule has 1 aliphatic rings. The van der Waals surface area contributed by atoms with Gasteiger partial charge in [-0.2, -0.15) is 0 Å². The quantitative estimate of drug-likeness (QED) is 0.229. The van der Waals surface area contributed by atoms with E-state index in [9.17, 15) is 19.5 Å². The van der Waals surface area contributed by atoms with Crippen molar-refractivity contribution in [3.05, 3.63) is 106 Å². The van der Waals surface area contributed by atoms with Gasteiger partial charge in [0.05, 0.1) is 23.8 Å². The zero-order valence-electron chi connectivity index (χ0n) is 18.6. The highest BCUT2D eigenvalue weighted by Crippen LogP contribution is 2.42. The molecule has 3 aromatic rings. The fraction of sp³-hybridized carbons (Fsp3) is 0.148. The normalized spacial score (nSPS) is 17.1. The molecule has 1 heterocycles. The Morgan fingerprint density at radius 3 is 2.12 bits per heavy atom. The molecule has 0 aliphatic carbocycles. The first-order valence-corrected chi connectivity index (χ1v) is 11.1. The molecule has 0 aromatic heterocycles. The maximum absolute atomic E-state index is 13.2. The van der Waals surface area contributed by atoms with Crippen LogP contribution in [0.4, 0.5) is 5.69 Å². The van der Waals surface area contributed by atoms with Crippen molar-refractivity contribution in [1.29, 1.82) is 0 Å². The van der Waals surface area contributed by atoms with Gasteiger partial charge in [0, 0.05) is 16.3 Å². The summed E-state index contributed by atoms with van der Waals surface area (Å²) < 4.78 is 5.02. The smallest absolute Gasteiger partial charge is 0.338 e. The molecule has 34 heavy (non-hydrogen) atoms. The van der Waals surface area contributed by atoms with Gasteiger partial charge in [0.1, 0.15) is 5.76 Å². The third kappa shape index (κ3) is 4.32.